The molecule has 0 saturated heterocycles. The van der Waals surface area contributed by atoms with Gasteiger partial charge in [-0.15, -0.1) is 5.10 Å². The van der Waals surface area contributed by atoms with Crippen LogP contribution in [0.3, 0.4) is 0 Å². The summed E-state index contributed by atoms with van der Waals surface area (Å²) in [6.45, 7) is 0.292. The Kier molecular flexibility index (Phi) is 3.12. The van der Waals surface area contributed by atoms with Gasteiger partial charge < -0.3 is 0 Å². The maximum atomic E-state index is 12.4. The van der Waals surface area contributed by atoms with Crippen LogP contribution in [0.15, 0.2) is 47.3 Å². The third kappa shape index (κ3) is 2.02. The van der Waals surface area contributed by atoms with Gasteiger partial charge in [-0.05, 0) is 17.7 Å². The molecule has 1 aromatic carbocycles. The minimum Gasteiger partial charge on any atom is -0.294 e. The number of aromatic nitrogens is 3. The highest BCUT2D eigenvalue weighted by molar-refractivity contribution is 6.29. The number of carbonyl (C=O) groups is 1. The maximum Gasteiger partial charge on any atom is 0.278 e. The Hall–Kier alpha value is -2.40. The molecule has 5 nitrogen and oxygen atoms in total. The van der Waals surface area contributed by atoms with Crippen LogP contribution in [-0.2, 0) is 6.54 Å². The SMILES string of the molecule is O=Cc1nn2c(Cl)ccc2c(=O)n1Cc1ccccc1. The van der Waals surface area contributed by atoms with Crippen molar-refractivity contribution in [1.29, 1.82) is 0 Å². The Morgan fingerprint density at radius 1 is 1.15 bits per heavy atom. The Morgan fingerprint density at radius 2 is 1.90 bits per heavy atom. The molecule has 0 radical (unpaired) electrons. The molecule has 0 bridgehead atoms. The standard InChI is InChI=1S/C14H10ClN3O2/c15-12-7-6-11-14(20)17(13(9-19)16-18(11)12)8-10-4-2-1-3-5-10/h1-7,9H,8H2. The highest BCUT2D eigenvalue weighted by atomic mass is 35.5. The van der Waals surface area contributed by atoms with E-state index in [4.69, 9.17) is 11.6 Å². The van der Waals surface area contributed by atoms with Crippen LogP contribution in [0.1, 0.15) is 16.2 Å². The predicted molar refractivity (Wildman–Crippen MR) is 75.4 cm³/mol. The molecular weight excluding hydrogens is 278 g/mol. The number of hydrogen-bond acceptors (Lipinski definition) is 3. The predicted octanol–water partition coefficient (Wildman–Crippen LogP) is 2.01. The molecule has 0 fully saturated rings. The fourth-order valence-electron chi connectivity index (χ4n) is 2.07. The number of halogens is 1. The van der Waals surface area contributed by atoms with E-state index in [1.807, 2.05) is 30.3 Å². The van der Waals surface area contributed by atoms with Crippen molar-refractivity contribution in [2.45, 2.75) is 6.54 Å². The van der Waals surface area contributed by atoms with Crippen molar-refractivity contribution in [1.82, 2.24) is 14.2 Å². The summed E-state index contributed by atoms with van der Waals surface area (Å²) < 4.78 is 2.61. The lowest BCUT2D eigenvalue weighted by Gasteiger charge is -2.09. The Labute approximate surface area is 119 Å². The lowest BCUT2D eigenvalue weighted by atomic mass is 10.2. The summed E-state index contributed by atoms with van der Waals surface area (Å²) in [6.07, 6.45) is 0.556. The van der Waals surface area contributed by atoms with Gasteiger partial charge in [-0.25, -0.2) is 4.52 Å². The van der Waals surface area contributed by atoms with Crippen molar-refractivity contribution < 1.29 is 4.79 Å². The third-order valence-corrected chi connectivity index (χ3v) is 3.33. The van der Waals surface area contributed by atoms with Crippen LogP contribution in [0.2, 0.25) is 5.15 Å². The molecule has 0 aliphatic heterocycles. The van der Waals surface area contributed by atoms with Gasteiger partial charge in [0.2, 0.25) is 0 Å². The summed E-state index contributed by atoms with van der Waals surface area (Å²) in [5.74, 6) is 0.0458. The van der Waals surface area contributed by atoms with Gasteiger partial charge in [0.1, 0.15) is 10.7 Å². The second-order valence-corrected chi connectivity index (χ2v) is 4.69. The van der Waals surface area contributed by atoms with Crippen molar-refractivity contribution in [2.75, 3.05) is 0 Å². The lowest BCUT2D eigenvalue weighted by molar-refractivity contribution is 0.110. The molecule has 0 aliphatic carbocycles. The van der Waals surface area contributed by atoms with E-state index in [2.05, 4.69) is 5.10 Å². The quantitative estimate of drug-likeness (QED) is 0.693. The third-order valence-electron chi connectivity index (χ3n) is 3.04. The monoisotopic (exact) mass is 287 g/mol. The molecule has 2 heterocycles. The van der Waals surface area contributed by atoms with Gasteiger partial charge in [0.25, 0.3) is 5.56 Å². The van der Waals surface area contributed by atoms with Crippen LogP contribution >= 0.6 is 11.6 Å². The van der Waals surface area contributed by atoms with Crippen molar-refractivity contribution in [3.63, 3.8) is 0 Å². The van der Waals surface area contributed by atoms with Crippen LogP contribution in [0, 0.1) is 0 Å². The molecular formula is C14H10ClN3O2. The van der Waals surface area contributed by atoms with E-state index in [0.29, 0.717) is 23.5 Å². The summed E-state index contributed by atoms with van der Waals surface area (Å²) in [6, 6.07) is 12.6. The van der Waals surface area contributed by atoms with Crippen molar-refractivity contribution >= 4 is 23.4 Å². The van der Waals surface area contributed by atoms with E-state index in [0.717, 1.165) is 5.56 Å². The first kappa shape index (κ1) is 12.6. The normalized spacial score (nSPS) is 10.8. The molecule has 0 atom stereocenters. The van der Waals surface area contributed by atoms with E-state index in [1.165, 1.54) is 9.08 Å². The molecule has 100 valence electrons. The topological polar surface area (TPSA) is 56.4 Å². The molecule has 3 rings (SSSR count). The zero-order chi connectivity index (χ0) is 14.1. The molecule has 6 heteroatoms. The second-order valence-electron chi connectivity index (χ2n) is 4.31. The summed E-state index contributed by atoms with van der Waals surface area (Å²) in [7, 11) is 0. The van der Waals surface area contributed by atoms with Crippen molar-refractivity contribution in [3.8, 4) is 0 Å². The average Bonchev–Trinajstić information content (AvgIpc) is 2.84. The van der Waals surface area contributed by atoms with Gasteiger partial charge in [-0.1, -0.05) is 41.9 Å². The molecule has 20 heavy (non-hydrogen) atoms. The first-order valence-electron chi connectivity index (χ1n) is 5.98. The number of nitrogens with zero attached hydrogens (tertiary/aromatic N) is 3. The maximum absolute atomic E-state index is 12.4. The first-order valence-corrected chi connectivity index (χ1v) is 6.35. The summed E-state index contributed by atoms with van der Waals surface area (Å²) in [4.78, 5) is 23.6. The van der Waals surface area contributed by atoms with Gasteiger partial charge in [0.15, 0.2) is 12.1 Å². The molecule has 2 aromatic heterocycles. The van der Waals surface area contributed by atoms with E-state index in [1.54, 1.807) is 12.1 Å². The molecule has 0 unspecified atom stereocenters. The highest BCUT2D eigenvalue weighted by Gasteiger charge is 2.12. The highest BCUT2D eigenvalue weighted by Crippen LogP contribution is 2.11. The summed E-state index contributed by atoms with van der Waals surface area (Å²) in [5.41, 5.74) is 0.968. The van der Waals surface area contributed by atoms with Gasteiger partial charge in [-0.3, -0.25) is 14.2 Å². The number of fused-ring (bicyclic) bond motifs is 1. The fraction of sp³-hybridized carbons (Fsp3) is 0.0714. The second kappa shape index (κ2) is 4.94. The zero-order valence-corrected chi connectivity index (χ0v) is 11.1. The minimum absolute atomic E-state index is 0.0458. The summed E-state index contributed by atoms with van der Waals surface area (Å²) >= 11 is 5.92. The van der Waals surface area contributed by atoms with Crippen molar-refractivity contribution in [2.24, 2.45) is 0 Å². The average molecular weight is 288 g/mol. The number of aldehydes is 1. The smallest absolute Gasteiger partial charge is 0.278 e. The van der Waals surface area contributed by atoms with Gasteiger partial charge in [0.05, 0.1) is 6.54 Å². The minimum atomic E-state index is -0.294. The fourth-order valence-corrected chi connectivity index (χ4v) is 2.26. The summed E-state index contributed by atoms with van der Waals surface area (Å²) in [5, 5.41) is 4.39. The van der Waals surface area contributed by atoms with Crippen LogP contribution in [0.4, 0.5) is 0 Å². The van der Waals surface area contributed by atoms with Gasteiger partial charge in [-0.2, -0.15) is 0 Å². The van der Waals surface area contributed by atoms with Crippen molar-refractivity contribution in [3.05, 3.63) is 69.4 Å². The number of carbonyl (C=O) groups excluding carboxylic acids is 1. The van der Waals surface area contributed by atoms with Crippen LogP contribution in [0.5, 0.6) is 0 Å². The number of hydrogen-bond donors (Lipinski definition) is 0. The van der Waals surface area contributed by atoms with E-state index in [9.17, 15) is 9.59 Å². The Morgan fingerprint density at radius 3 is 2.60 bits per heavy atom. The van der Waals surface area contributed by atoms with E-state index in [-0.39, 0.29) is 11.4 Å². The molecule has 0 saturated carbocycles. The molecule has 0 spiro atoms. The first-order chi connectivity index (χ1) is 9.70. The zero-order valence-electron chi connectivity index (χ0n) is 10.4. The van der Waals surface area contributed by atoms with Crippen LogP contribution in [0.25, 0.3) is 5.52 Å². The van der Waals surface area contributed by atoms with Gasteiger partial charge >= 0.3 is 0 Å². The molecule has 0 aliphatic rings. The van der Waals surface area contributed by atoms with E-state index < -0.39 is 0 Å². The molecule has 0 amide bonds. The Balaban J connectivity index is 2.21. The van der Waals surface area contributed by atoms with Crippen LogP contribution < -0.4 is 5.56 Å². The van der Waals surface area contributed by atoms with Crippen LogP contribution in [-0.4, -0.2) is 20.5 Å². The van der Waals surface area contributed by atoms with Gasteiger partial charge in [0, 0.05) is 0 Å². The number of rotatable bonds is 3. The number of benzene rings is 1. The Bertz CT molecular complexity index is 837. The lowest BCUT2D eigenvalue weighted by Crippen LogP contribution is -2.27. The molecule has 3 aromatic rings. The largest absolute Gasteiger partial charge is 0.294 e. The molecule has 0 N–H and O–H groups in total. The van der Waals surface area contributed by atoms with E-state index >= 15 is 0 Å².